The number of nitrogens with zero attached hydrogens (tertiary/aromatic N) is 1. The number of guanidine groups is 1. The third-order valence-corrected chi connectivity index (χ3v) is 5.35. The maximum Gasteiger partial charge on any atom is 0.191 e. The van der Waals surface area contributed by atoms with E-state index in [1.807, 2.05) is 18.2 Å². The molecule has 0 aliphatic carbocycles. The SMILES string of the molecule is CN=C(NCc1cc(F)ccc1CS(C)(=O)=O)NCC(C)(C)Cc1ccccc1. The van der Waals surface area contributed by atoms with Crippen molar-refractivity contribution < 1.29 is 12.8 Å². The Hall–Kier alpha value is -2.41. The van der Waals surface area contributed by atoms with Crippen molar-refractivity contribution in [2.45, 2.75) is 32.6 Å². The molecule has 0 saturated carbocycles. The van der Waals surface area contributed by atoms with Crippen LogP contribution in [0, 0.1) is 11.2 Å². The van der Waals surface area contributed by atoms with Crippen LogP contribution in [0.25, 0.3) is 0 Å². The van der Waals surface area contributed by atoms with E-state index in [0.29, 0.717) is 23.6 Å². The highest BCUT2D eigenvalue weighted by Gasteiger charge is 2.19. The Bertz CT molecular complexity index is 942. The molecule has 2 N–H and O–H groups in total. The molecule has 5 nitrogen and oxygen atoms in total. The summed E-state index contributed by atoms with van der Waals surface area (Å²) in [6, 6.07) is 14.5. The molecule has 0 heterocycles. The first-order valence-corrected chi connectivity index (χ1v) is 11.6. The first-order chi connectivity index (χ1) is 13.6. The van der Waals surface area contributed by atoms with Crippen LogP contribution in [0.2, 0.25) is 0 Å². The van der Waals surface area contributed by atoms with E-state index in [1.54, 1.807) is 7.05 Å². The monoisotopic (exact) mass is 419 g/mol. The average molecular weight is 420 g/mol. The molecule has 0 fully saturated rings. The van der Waals surface area contributed by atoms with Crippen LogP contribution >= 0.6 is 0 Å². The maximum atomic E-state index is 13.7. The van der Waals surface area contributed by atoms with Gasteiger partial charge in [-0.05, 0) is 40.7 Å². The zero-order valence-electron chi connectivity index (χ0n) is 17.5. The number of benzene rings is 2. The molecule has 0 amide bonds. The zero-order chi connectivity index (χ0) is 21.5. The van der Waals surface area contributed by atoms with Gasteiger partial charge >= 0.3 is 0 Å². The van der Waals surface area contributed by atoms with Crippen LogP contribution in [0.15, 0.2) is 53.5 Å². The van der Waals surface area contributed by atoms with Gasteiger partial charge < -0.3 is 10.6 Å². The summed E-state index contributed by atoms with van der Waals surface area (Å²) in [4.78, 5) is 4.22. The fraction of sp³-hybridized carbons (Fsp3) is 0.409. The molecule has 0 saturated heterocycles. The number of hydrogen-bond acceptors (Lipinski definition) is 3. The third-order valence-electron chi connectivity index (χ3n) is 4.52. The van der Waals surface area contributed by atoms with Gasteiger partial charge in [-0.2, -0.15) is 0 Å². The highest BCUT2D eigenvalue weighted by atomic mass is 32.2. The number of sulfone groups is 1. The molecular formula is C22H30FN3O2S. The lowest BCUT2D eigenvalue weighted by atomic mass is 9.86. The van der Waals surface area contributed by atoms with Gasteiger partial charge in [0.1, 0.15) is 5.82 Å². The number of rotatable bonds is 8. The average Bonchev–Trinajstić information content (AvgIpc) is 2.63. The lowest BCUT2D eigenvalue weighted by molar-refractivity contribution is 0.359. The first-order valence-electron chi connectivity index (χ1n) is 9.51. The van der Waals surface area contributed by atoms with Gasteiger partial charge in [-0.25, -0.2) is 12.8 Å². The number of halogens is 1. The molecule has 0 bridgehead atoms. The minimum atomic E-state index is -3.21. The van der Waals surface area contributed by atoms with E-state index in [4.69, 9.17) is 0 Å². The Morgan fingerprint density at radius 2 is 1.76 bits per heavy atom. The molecule has 0 radical (unpaired) electrons. The van der Waals surface area contributed by atoms with E-state index in [9.17, 15) is 12.8 Å². The fourth-order valence-corrected chi connectivity index (χ4v) is 3.96. The van der Waals surface area contributed by atoms with Crippen LogP contribution in [-0.2, 0) is 28.6 Å². The van der Waals surface area contributed by atoms with Crippen molar-refractivity contribution >= 4 is 15.8 Å². The van der Waals surface area contributed by atoms with Crippen molar-refractivity contribution in [2.24, 2.45) is 10.4 Å². The Morgan fingerprint density at radius 3 is 2.38 bits per heavy atom. The van der Waals surface area contributed by atoms with E-state index in [0.717, 1.165) is 6.42 Å². The Kier molecular flexibility index (Phi) is 7.79. The lowest BCUT2D eigenvalue weighted by Crippen LogP contribution is -2.42. The standard InChI is InChI=1S/C22H30FN3O2S/c1-22(2,13-17-8-6-5-7-9-17)16-26-21(24-3)25-14-19-12-20(23)11-10-18(19)15-29(4,27)28/h5-12H,13-16H2,1-4H3,(H2,24,25,26). The summed E-state index contributed by atoms with van der Waals surface area (Å²) in [5, 5.41) is 6.46. The minimum Gasteiger partial charge on any atom is -0.356 e. The highest BCUT2D eigenvalue weighted by molar-refractivity contribution is 7.89. The minimum absolute atomic E-state index is 0.000717. The van der Waals surface area contributed by atoms with Crippen molar-refractivity contribution in [2.75, 3.05) is 19.8 Å². The second kappa shape index (κ2) is 9.87. The van der Waals surface area contributed by atoms with Crippen molar-refractivity contribution in [3.63, 3.8) is 0 Å². The Balaban J connectivity index is 1.98. The Labute approximate surface area is 173 Å². The highest BCUT2D eigenvalue weighted by Crippen LogP contribution is 2.20. The number of aliphatic imine (C=N–C) groups is 1. The van der Waals surface area contributed by atoms with Crippen LogP contribution in [0.5, 0.6) is 0 Å². The molecule has 0 unspecified atom stereocenters. The van der Waals surface area contributed by atoms with Crippen molar-refractivity contribution in [3.8, 4) is 0 Å². The molecule has 7 heteroatoms. The predicted octanol–water partition coefficient (Wildman–Crippen LogP) is 3.30. The quantitative estimate of drug-likeness (QED) is 0.509. The summed E-state index contributed by atoms with van der Waals surface area (Å²) in [5.74, 6) is 0.0622. The molecule has 0 aliphatic heterocycles. The van der Waals surface area contributed by atoms with E-state index < -0.39 is 15.7 Å². The fourth-order valence-electron chi connectivity index (χ4n) is 3.12. The molecule has 0 spiro atoms. The van der Waals surface area contributed by atoms with Gasteiger partial charge in [0.2, 0.25) is 0 Å². The molecule has 0 atom stereocenters. The summed E-state index contributed by atoms with van der Waals surface area (Å²) in [7, 11) is -1.54. The van der Waals surface area contributed by atoms with E-state index in [1.165, 1.54) is 30.0 Å². The number of nitrogens with one attached hydrogen (secondary N) is 2. The molecule has 0 aromatic heterocycles. The van der Waals surface area contributed by atoms with Gasteiger partial charge in [0, 0.05) is 26.4 Å². The van der Waals surface area contributed by atoms with Gasteiger partial charge in [0.25, 0.3) is 0 Å². The predicted molar refractivity (Wildman–Crippen MR) is 117 cm³/mol. The second-order valence-electron chi connectivity index (χ2n) is 8.09. The first kappa shape index (κ1) is 22.9. The third kappa shape index (κ3) is 8.23. The molecule has 29 heavy (non-hydrogen) atoms. The van der Waals surface area contributed by atoms with E-state index in [2.05, 4.69) is 41.6 Å². The molecule has 2 aromatic rings. The molecule has 158 valence electrons. The summed E-state index contributed by atoms with van der Waals surface area (Å²) in [5.41, 5.74) is 2.45. The van der Waals surface area contributed by atoms with Crippen LogP contribution in [0.4, 0.5) is 4.39 Å². The van der Waals surface area contributed by atoms with Crippen LogP contribution < -0.4 is 10.6 Å². The zero-order valence-corrected chi connectivity index (χ0v) is 18.3. The van der Waals surface area contributed by atoms with Gasteiger partial charge in [0.15, 0.2) is 15.8 Å². The van der Waals surface area contributed by atoms with E-state index >= 15 is 0 Å². The van der Waals surface area contributed by atoms with Crippen LogP contribution in [0.3, 0.4) is 0 Å². The normalized spacial score (nSPS) is 12.7. The summed E-state index contributed by atoms with van der Waals surface area (Å²) in [6.45, 7) is 5.33. The van der Waals surface area contributed by atoms with Gasteiger partial charge in [-0.3, -0.25) is 4.99 Å². The summed E-state index contributed by atoms with van der Waals surface area (Å²) < 4.78 is 37.0. The molecular weight excluding hydrogens is 389 g/mol. The van der Waals surface area contributed by atoms with Crippen molar-refractivity contribution in [1.82, 2.24) is 10.6 Å². The van der Waals surface area contributed by atoms with Crippen molar-refractivity contribution in [1.29, 1.82) is 0 Å². The second-order valence-corrected chi connectivity index (χ2v) is 10.2. The largest absolute Gasteiger partial charge is 0.356 e. The molecule has 2 aromatic carbocycles. The van der Waals surface area contributed by atoms with Gasteiger partial charge in [-0.15, -0.1) is 0 Å². The summed E-state index contributed by atoms with van der Waals surface area (Å²) in [6.07, 6.45) is 2.09. The Morgan fingerprint density at radius 1 is 1.07 bits per heavy atom. The molecule has 0 aliphatic rings. The van der Waals surface area contributed by atoms with Crippen LogP contribution in [-0.4, -0.2) is 34.2 Å². The maximum absolute atomic E-state index is 13.7. The lowest BCUT2D eigenvalue weighted by Gasteiger charge is -2.26. The number of hydrogen-bond donors (Lipinski definition) is 2. The smallest absolute Gasteiger partial charge is 0.191 e. The van der Waals surface area contributed by atoms with Crippen molar-refractivity contribution in [3.05, 3.63) is 71.0 Å². The van der Waals surface area contributed by atoms with Crippen LogP contribution in [0.1, 0.15) is 30.5 Å². The van der Waals surface area contributed by atoms with Gasteiger partial charge in [0.05, 0.1) is 5.75 Å². The van der Waals surface area contributed by atoms with E-state index in [-0.39, 0.29) is 17.7 Å². The summed E-state index contributed by atoms with van der Waals surface area (Å²) >= 11 is 0. The topological polar surface area (TPSA) is 70.6 Å². The molecule has 2 rings (SSSR count). The van der Waals surface area contributed by atoms with Gasteiger partial charge in [-0.1, -0.05) is 50.2 Å².